The SMILES string of the molecule is COc1cc(C)c(S(=O)(=O)Nc2ccn(C)n2)cc1C(C)C. The van der Waals surface area contributed by atoms with Crippen molar-refractivity contribution in [2.45, 2.75) is 31.6 Å². The molecule has 1 aromatic carbocycles. The van der Waals surface area contributed by atoms with E-state index in [9.17, 15) is 8.42 Å². The number of sulfonamides is 1. The summed E-state index contributed by atoms with van der Waals surface area (Å²) in [5.74, 6) is 1.15. The maximum Gasteiger partial charge on any atom is 0.263 e. The van der Waals surface area contributed by atoms with Crippen LogP contribution >= 0.6 is 0 Å². The van der Waals surface area contributed by atoms with Crippen LogP contribution in [0.3, 0.4) is 0 Å². The molecule has 7 heteroatoms. The normalized spacial score (nSPS) is 11.7. The first-order valence-corrected chi connectivity index (χ1v) is 8.44. The van der Waals surface area contributed by atoms with Crippen molar-refractivity contribution in [1.29, 1.82) is 0 Å². The molecule has 1 aromatic heterocycles. The molecule has 1 N–H and O–H groups in total. The van der Waals surface area contributed by atoms with Crippen LogP contribution in [0.25, 0.3) is 0 Å². The summed E-state index contributed by atoms with van der Waals surface area (Å²) in [5, 5.41) is 4.04. The second-order valence-electron chi connectivity index (χ2n) is 5.49. The van der Waals surface area contributed by atoms with E-state index >= 15 is 0 Å². The highest BCUT2D eigenvalue weighted by molar-refractivity contribution is 7.92. The Morgan fingerprint density at radius 3 is 2.50 bits per heavy atom. The molecule has 22 heavy (non-hydrogen) atoms. The fourth-order valence-corrected chi connectivity index (χ4v) is 3.52. The number of hydrogen-bond acceptors (Lipinski definition) is 4. The summed E-state index contributed by atoms with van der Waals surface area (Å²) >= 11 is 0. The van der Waals surface area contributed by atoms with Crippen LogP contribution in [0, 0.1) is 6.92 Å². The molecular formula is C15H21N3O3S. The number of aryl methyl sites for hydroxylation is 2. The van der Waals surface area contributed by atoms with Gasteiger partial charge in [-0.05, 0) is 36.1 Å². The molecule has 120 valence electrons. The highest BCUT2D eigenvalue weighted by Crippen LogP contribution is 2.32. The zero-order chi connectivity index (χ0) is 16.5. The molecule has 2 aromatic rings. The molecule has 0 fully saturated rings. The molecule has 0 radical (unpaired) electrons. The van der Waals surface area contributed by atoms with Crippen molar-refractivity contribution in [3.05, 3.63) is 35.5 Å². The summed E-state index contributed by atoms with van der Waals surface area (Å²) in [5.41, 5.74) is 1.49. The number of methoxy groups -OCH3 is 1. The fraction of sp³-hybridized carbons (Fsp3) is 0.400. The van der Waals surface area contributed by atoms with E-state index in [-0.39, 0.29) is 10.8 Å². The zero-order valence-corrected chi connectivity index (χ0v) is 14.2. The van der Waals surface area contributed by atoms with Crippen LogP contribution in [0.1, 0.15) is 30.9 Å². The van der Waals surface area contributed by atoms with Gasteiger partial charge in [-0.1, -0.05) is 13.8 Å². The Hall–Kier alpha value is -2.02. The van der Waals surface area contributed by atoms with E-state index in [1.807, 2.05) is 13.8 Å². The van der Waals surface area contributed by atoms with Gasteiger partial charge in [0.25, 0.3) is 10.0 Å². The Labute approximate surface area is 131 Å². The lowest BCUT2D eigenvalue weighted by atomic mass is 10.0. The molecule has 0 unspecified atom stereocenters. The lowest BCUT2D eigenvalue weighted by Gasteiger charge is -2.16. The Morgan fingerprint density at radius 1 is 1.32 bits per heavy atom. The smallest absolute Gasteiger partial charge is 0.263 e. The summed E-state index contributed by atoms with van der Waals surface area (Å²) < 4.78 is 34.6. The van der Waals surface area contributed by atoms with E-state index < -0.39 is 10.0 Å². The number of aromatic nitrogens is 2. The summed E-state index contributed by atoms with van der Waals surface area (Å²) in [6.45, 7) is 5.74. The Bertz CT molecular complexity index is 779. The van der Waals surface area contributed by atoms with Gasteiger partial charge in [-0.15, -0.1) is 0 Å². The molecular weight excluding hydrogens is 302 g/mol. The highest BCUT2D eigenvalue weighted by atomic mass is 32.2. The molecule has 0 spiro atoms. The average molecular weight is 323 g/mol. The van der Waals surface area contributed by atoms with E-state index in [1.54, 1.807) is 45.5 Å². The molecule has 1 heterocycles. The standard InChI is InChI=1S/C15H21N3O3S/c1-10(2)12-9-14(11(3)8-13(12)21-5)22(19,20)17-15-6-7-18(4)16-15/h6-10H,1-5H3,(H,16,17). The maximum atomic E-state index is 12.6. The van der Waals surface area contributed by atoms with Crippen molar-refractivity contribution < 1.29 is 13.2 Å². The number of nitrogens with one attached hydrogen (secondary N) is 1. The topological polar surface area (TPSA) is 73.2 Å². The predicted molar refractivity (Wildman–Crippen MR) is 85.8 cm³/mol. The zero-order valence-electron chi connectivity index (χ0n) is 13.4. The van der Waals surface area contributed by atoms with Crippen LogP contribution < -0.4 is 9.46 Å². The van der Waals surface area contributed by atoms with E-state index in [0.717, 1.165) is 5.56 Å². The van der Waals surface area contributed by atoms with E-state index in [0.29, 0.717) is 17.1 Å². The molecule has 0 aliphatic carbocycles. The van der Waals surface area contributed by atoms with Crippen molar-refractivity contribution in [3.8, 4) is 5.75 Å². The van der Waals surface area contributed by atoms with Crippen LogP contribution in [-0.4, -0.2) is 25.3 Å². The van der Waals surface area contributed by atoms with Crippen molar-refractivity contribution in [2.24, 2.45) is 7.05 Å². The van der Waals surface area contributed by atoms with Gasteiger partial charge in [0.05, 0.1) is 12.0 Å². The third-order valence-electron chi connectivity index (χ3n) is 3.39. The first kappa shape index (κ1) is 16.4. The number of hydrogen-bond donors (Lipinski definition) is 1. The van der Waals surface area contributed by atoms with Crippen molar-refractivity contribution in [2.75, 3.05) is 11.8 Å². The van der Waals surface area contributed by atoms with Gasteiger partial charge in [0, 0.05) is 19.3 Å². The molecule has 0 saturated carbocycles. The number of rotatable bonds is 5. The van der Waals surface area contributed by atoms with Gasteiger partial charge in [-0.2, -0.15) is 5.10 Å². The van der Waals surface area contributed by atoms with Gasteiger partial charge in [0.2, 0.25) is 0 Å². The third kappa shape index (κ3) is 3.24. The first-order chi connectivity index (χ1) is 10.2. The molecule has 0 amide bonds. The van der Waals surface area contributed by atoms with Crippen LogP contribution in [0.15, 0.2) is 29.3 Å². The lowest BCUT2D eigenvalue weighted by molar-refractivity contribution is 0.406. The highest BCUT2D eigenvalue weighted by Gasteiger charge is 2.21. The van der Waals surface area contributed by atoms with Crippen LogP contribution in [0.4, 0.5) is 5.82 Å². The van der Waals surface area contributed by atoms with E-state index in [1.165, 1.54) is 4.68 Å². The van der Waals surface area contributed by atoms with Gasteiger partial charge >= 0.3 is 0 Å². The molecule has 0 aliphatic heterocycles. The number of benzene rings is 1. The minimum atomic E-state index is -3.69. The van der Waals surface area contributed by atoms with Gasteiger partial charge in [0.15, 0.2) is 5.82 Å². The van der Waals surface area contributed by atoms with Crippen LogP contribution in [0.2, 0.25) is 0 Å². The Morgan fingerprint density at radius 2 is 2.00 bits per heavy atom. The van der Waals surface area contributed by atoms with Crippen molar-refractivity contribution in [3.63, 3.8) is 0 Å². The summed E-state index contributed by atoms with van der Waals surface area (Å²) in [7, 11) is -0.379. The molecule has 6 nitrogen and oxygen atoms in total. The lowest BCUT2D eigenvalue weighted by Crippen LogP contribution is -2.15. The minimum absolute atomic E-state index is 0.152. The number of ether oxygens (including phenoxy) is 1. The van der Waals surface area contributed by atoms with E-state index in [2.05, 4.69) is 9.82 Å². The quantitative estimate of drug-likeness (QED) is 0.918. The second kappa shape index (κ2) is 6.00. The minimum Gasteiger partial charge on any atom is -0.496 e. The molecule has 0 saturated heterocycles. The molecule has 0 bridgehead atoms. The maximum absolute atomic E-state index is 12.6. The van der Waals surface area contributed by atoms with Crippen LogP contribution in [0.5, 0.6) is 5.75 Å². The third-order valence-corrected chi connectivity index (χ3v) is 4.89. The predicted octanol–water partition coefficient (Wildman–Crippen LogP) is 2.66. The largest absolute Gasteiger partial charge is 0.496 e. The molecule has 0 aliphatic rings. The molecule has 0 atom stereocenters. The average Bonchev–Trinajstić information content (AvgIpc) is 2.82. The number of nitrogens with zero attached hydrogens (tertiary/aromatic N) is 2. The van der Waals surface area contributed by atoms with Gasteiger partial charge in [0.1, 0.15) is 5.75 Å². The van der Waals surface area contributed by atoms with Crippen molar-refractivity contribution >= 4 is 15.8 Å². The number of anilines is 1. The Balaban J connectivity index is 2.48. The summed E-state index contributed by atoms with van der Waals surface area (Å²) in [4.78, 5) is 0.239. The van der Waals surface area contributed by atoms with Gasteiger partial charge in [-0.3, -0.25) is 9.40 Å². The first-order valence-electron chi connectivity index (χ1n) is 6.95. The van der Waals surface area contributed by atoms with Gasteiger partial charge in [-0.25, -0.2) is 8.42 Å². The monoisotopic (exact) mass is 323 g/mol. The van der Waals surface area contributed by atoms with Crippen molar-refractivity contribution in [1.82, 2.24) is 9.78 Å². The van der Waals surface area contributed by atoms with Gasteiger partial charge < -0.3 is 4.74 Å². The Kier molecular flexibility index (Phi) is 4.46. The van der Waals surface area contributed by atoms with Crippen LogP contribution in [-0.2, 0) is 17.1 Å². The second-order valence-corrected chi connectivity index (χ2v) is 7.15. The summed E-state index contributed by atoms with van der Waals surface area (Å²) in [6.07, 6.45) is 1.68. The van der Waals surface area contributed by atoms with E-state index in [4.69, 9.17) is 4.74 Å². The fourth-order valence-electron chi connectivity index (χ4n) is 2.26. The molecule has 2 rings (SSSR count). The summed E-state index contributed by atoms with van der Waals surface area (Å²) in [6, 6.07) is 5.03.